The van der Waals surface area contributed by atoms with E-state index < -0.39 is 104 Å². The predicted molar refractivity (Wildman–Crippen MR) is 141 cm³/mol. The van der Waals surface area contributed by atoms with Crippen molar-refractivity contribution in [2.45, 2.75) is 143 Å². The largest absolute Gasteiger partial charge is 0.394 e. The van der Waals surface area contributed by atoms with Crippen molar-refractivity contribution in [3.63, 3.8) is 0 Å². The third-order valence-electron chi connectivity index (χ3n) is 9.81. The zero-order valence-corrected chi connectivity index (χ0v) is 24.3. The smallest absolute Gasteiger partial charge is 0.187 e. The van der Waals surface area contributed by atoms with Crippen LogP contribution in [0.4, 0.5) is 0 Å². The van der Waals surface area contributed by atoms with E-state index in [0.717, 1.165) is 0 Å². The second-order valence-corrected chi connectivity index (χ2v) is 12.6. The number of Topliss-reactive ketones (excluding diaryl/α,β-unsaturated/α-hetero) is 1. The van der Waals surface area contributed by atoms with Gasteiger partial charge < -0.3 is 69.3 Å². The quantitative estimate of drug-likeness (QED) is 0.139. The topological polar surface area (TPSA) is 234 Å². The number of carbonyl (C=O) groups is 1. The molecule has 2 aliphatic carbocycles. The van der Waals surface area contributed by atoms with Gasteiger partial charge in [-0.15, -0.1) is 0 Å². The van der Waals surface area contributed by atoms with Crippen molar-refractivity contribution in [1.82, 2.24) is 0 Å². The Balaban J connectivity index is 1.28. The second kappa shape index (κ2) is 13.8. The highest BCUT2D eigenvalue weighted by atomic mass is 16.8. The summed E-state index contributed by atoms with van der Waals surface area (Å²) >= 11 is 0. The van der Waals surface area contributed by atoms with Gasteiger partial charge in [0.15, 0.2) is 12.6 Å². The van der Waals surface area contributed by atoms with Crippen molar-refractivity contribution >= 4 is 5.78 Å². The van der Waals surface area contributed by atoms with Crippen molar-refractivity contribution in [3.8, 4) is 0 Å². The normalized spacial score (nSPS) is 52.9. The zero-order chi connectivity index (χ0) is 31.2. The van der Waals surface area contributed by atoms with Crippen LogP contribution in [0.25, 0.3) is 0 Å². The highest BCUT2D eigenvalue weighted by Crippen LogP contribution is 2.41. The maximum Gasteiger partial charge on any atom is 0.187 e. The van der Waals surface area contributed by atoms with Gasteiger partial charge >= 0.3 is 0 Å². The summed E-state index contributed by atoms with van der Waals surface area (Å²) in [6.45, 7) is 0.792. The molecule has 3 heterocycles. The summed E-state index contributed by atoms with van der Waals surface area (Å²) in [6, 6.07) is 0. The molecule has 0 aromatic rings. The fourth-order valence-electron chi connectivity index (χ4n) is 7.27. The van der Waals surface area contributed by atoms with E-state index in [2.05, 4.69) is 0 Å². The average Bonchev–Trinajstić information content (AvgIpc) is 2.97. The Labute approximate surface area is 249 Å². The third kappa shape index (κ3) is 6.81. The van der Waals surface area contributed by atoms with E-state index in [-0.39, 0.29) is 37.1 Å². The molecule has 5 aliphatic rings. The lowest BCUT2D eigenvalue weighted by molar-refractivity contribution is -0.371. The standard InChI is InChI=1S/C28H46O15/c1-10-21(33)23(35)25(37)27(39-10)43-26-24(36)22(34)19(9-29)42-28(26)40-12-6-14(31)20-15(32)8-17(41-18(20)7-12)11-3-4-16(38-2)13(30)5-11/h10-14,16-31,33-37H,3-9H2,1-2H3/t10-,11?,12?,13?,14?,16?,17?,18?,19+,20?,21-,22+,23+,24-,25+,26+,27-,28+/m0/s1. The van der Waals surface area contributed by atoms with E-state index in [4.69, 9.17) is 28.4 Å². The Kier molecular flexibility index (Phi) is 10.8. The molecule has 3 saturated heterocycles. The minimum atomic E-state index is -1.71. The van der Waals surface area contributed by atoms with Crippen LogP contribution >= 0.6 is 0 Å². The van der Waals surface area contributed by atoms with Crippen molar-refractivity contribution in [3.05, 3.63) is 0 Å². The van der Waals surface area contributed by atoms with E-state index in [1.165, 1.54) is 6.92 Å². The second-order valence-electron chi connectivity index (χ2n) is 12.6. The molecule has 5 fully saturated rings. The van der Waals surface area contributed by atoms with Crippen molar-refractivity contribution in [2.75, 3.05) is 13.7 Å². The number of aliphatic hydroxyl groups is 8. The van der Waals surface area contributed by atoms with E-state index in [0.29, 0.717) is 19.3 Å². The Morgan fingerprint density at radius 3 is 2.19 bits per heavy atom. The number of aliphatic hydroxyl groups excluding tert-OH is 8. The van der Waals surface area contributed by atoms with Gasteiger partial charge in [-0.25, -0.2) is 0 Å². The molecule has 3 aliphatic heterocycles. The average molecular weight is 623 g/mol. The summed E-state index contributed by atoms with van der Waals surface area (Å²) in [6.07, 6.45) is -16.5. The van der Waals surface area contributed by atoms with Gasteiger partial charge in [-0.05, 0) is 32.1 Å². The lowest BCUT2D eigenvalue weighted by Gasteiger charge is -2.49. The lowest BCUT2D eigenvalue weighted by Crippen LogP contribution is -2.64. The maximum atomic E-state index is 13.2. The molecule has 0 aromatic carbocycles. The molecule has 8 unspecified atom stereocenters. The van der Waals surface area contributed by atoms with Crippen LogP contribution in [0, 0.1) is 11.8 Å². The summed E-state index contributed by atoms with van der Waals surface area (Å²) < 4.78 is 34.8. The molecule has 0 amide bonds. The number of ether oxygens (including phenoxy) is 6. The molecule has 0 aromatic heterocycles. The first kappa shape index (κ1) is 33.5. The Morgan fingerprint density at radius 1 is 0.767 bits per heavy atom. The molecule has 0 spiro atoms. The highest BCUT2D eigenvalue weighted by Gasteiger charge is 2.53. The fraction of sp³-hybridized carbons (Fsp3) is 0.964. The Hall–Kier alpha value is -0.890. The van der Waals surface area contributed by atoms with Gasteiger partial charge in [-0.2, -0.15) is 0 Å². The van der Waals surface area contributed by atoms with Gasteiger partial charge in [-0.1, -0.05) is 0 Å². The first-order valence-electron chi connectivity index (χ1n) is 15.1. The summed E-state index contributed by atoms with van der Waals surface area (Å²) in [5.41, 5.74) is 0. The number of rotatable bonds is 7. The number of fused-ring (bicyclic) bond motifs is 1. The molecule has 0 radical (unpaired) electrons. The molecule has 0 bridgehead atoms. The molecule has 248 valence electrons. The van der Waals surface area contributed by atoms with Crippen molar-refractivity contribution < 1.29 is 74.1 Å². The van der Waals surface area contributed by atoms with Crippen LogP contribution in [0.2, 0.25) is 0 Å². The molecule has 5 rings (SSSR count). The highest BCUT2D eigenvalue weighted by molar-refractivity contribution is 5.83. The van der Waals surface area contributed by atoms with E-state index in [1.807, 2.05) is 0 Å². The molecule has 18 atom stereocenters. The fourth-order valence-corrected chi connectivity index (χ4v) is 7.27. The summed E-state index contributed by atoms with van der Waals surface area (Å²) in [4.78, 5) is 13.2. The summed E-state index contributed by atoms with van der Waals surface area (Å²) in [5.74, 6) is -0.944. The number of carbonyl (C=O) groups excluding carboxylic acids is 1. The van der Waals surface area contributed by atoms with Gasteiger partial charge in [0.05, 0.1) is 55.3 Å². The predicted octanol–water partition coefficient (Wildman–Crippen LogP) is -3.30. The molecule has 43 heavy (non-hydrogen) atoms. The van der Waals surface area contributed by atoms with Crippen LogP contribution in [0.15, 0.2) is 0 Å². The van der Waals surface area contributed by atoms with Gasteiger partial charge in [-0.3, -0.25) is 4.79 Å². The summed E-state index contributed by atoms with van der Waals surface area (Å²) in [7, 11) is 1.55. The van der Waals surface area contributed by atoms with Crippen LogP contribution in [-0.2, 0) is 33.2 Å². The molecule has 15 heteroatoms. The first-order chi connectivity index (χ1) is 20.4. The summed E-state index contributed by atoms with van der Waals surface area (Å²) in [5, 5.41) is 83.3. The van der Waals surface area contributed by atoms with Crippen LogP contribution < -0.4 is 0 Å². The van der Waals surface area contributed by atoms with Crippen LogP contribution in [0.1, 0.15) is 45.4 Å². The third-order valence-corrected chi connectivity index (χ3v) is 9.81. The van der Waals surface area contributed by atoms with Crippen molar-refractivity contribution in [1.29, 1.82) is 0 Å². The minimum absolute atomic E-state index is 0.0259. The Bertz CT molecular complexity index is 940. The van der Waals surface area contributed by atoms with E-state index in [1.54, 1.807) is 7.11 Å². The molecule has 8 N–H and O–H groups in total. The molecule has 2 saturated carbocycles. The van der Waals surface area contributed by atoms with E-state index >= 15 is 0 Å². The number of methoxy groups -OCH3 is 1. The first-order valence-corrected chi connectivity index (χ1v) is 15.1. The monoisotopic (exact) mass is 622 g/mol. The molecule has 15 nitrogen and oxygen atoms in total. The van der Waals surface area contributed by atoms with E-state index in [9.17, 15) is 45.6 Å². The van der Waals surface area contributed by atoms with Gasteiger partial charge in [0.2, 0.25) is 0 Å². The minimum Gasteiger partial charge on any atom is -0.394 e. The van der Waals surface area contributed by atoms with Gasteiger partial charge in [0.1, 0.15) is 48.5 Å². The van der Waals surface area contributed by atoms with Crippen LogP contribution in [0.5, 0.6) is 0 Å². The van der Waals surface area contributed by atoms with Gasteiger partial charge in [0, 0.05) is 26.4 Å². The number of ketones is 1. The maximum absolute atomic E-state index is 13.2. The van der Waals surface area contributed by atoms with Crippen molar-refractivity contribution in [2.24, 2.45) is 11.8 Å². The molecular weight excluding hydrogens is 576 g/mol. The van der Waals surface area contributed by atoms with Gasteiger partial charge in [0.25, 0.3) is 0 Å². The van der Waals surface area contributed by atoms with Crippen LogP contribution in [-0.4, -0.2) is 158 Å². The SMILES string of the molecule is COC1CCC(C2CC(=O)C3C(O)CC(O[C@@H]4O[C@H](CO)[C@@H](O)[C@H](O)[C@H]4O[C@@H]4O[C@@H](C)[C@H](O)[C@@H](O)[C@H]4O)CC3O2)CC1O. The van der Waals surface area contributed by atoms with Crippen LogP contribution in [0.3, 0.4) is 0 Å². The zero-order valence-electron chi connectivity index (χ0n) is 24.3. The lowest BCUT2D eigenvalue weighted by atomic mass is 9.73. The number of hydrogen-bond acceptors (Lipinski definition) is 15. The molecular formula is C28H46O15. The Morgan fingerprint density at radius 2 is 1.51 bits per heavy atom. The number of hydrogen-bond donors (Lipinski definition) is 8.